The number of amides is 2. The summed E-state index contributed by atoms with van der Waals surface area (Å²) in [5, 5.41) is 14.8. The fourth-order valence-corrected chi connectivity index (χ4v) is 3.77. The number of rotatable bonds is 5. The van der Waals surface area contributed by atoms with Crippen molar-refractivity contribution in [2.75, 3.05) is 10.6 Å². The van der Waals surface area contributed by atoms with Crippen molar-refractivity contribution in [2.24, 2.45) is 0 Å². The van der Waals surface area contributed by atoms with Crippen LogP contribution in [0.2, 0.25) is 0 Å². The maximum atomic E-state index is 13.3. The van der Waals surface area contributed by atoms with Crippen molar-refractivity contribution in [3.63, 3.8) is 0 Å². The van der Waals surface area contributed by atoms with Crippen LogP contribution >= 0.6 is 0 Å². The molecule has 0 radical (unpaired) electrons. The number of carbonyl (C=O) groups is 2. The molecule has 2 aromatic heterocycles. The van der Waals surface area contributed by atoms with Gasteiger partial charge in [0.05, 0.1) is 17.6 Å². The summed E-state index contributed by atoms with van der Waals surface area (Å²) in [6.07, 6.45) is 1.62. The summed E-state index contributed by atoms with van der Waals surface area (Å²) in [7, 11) is 0. The SMILES string of the molecule is CC(=O)Nc1cccc(NC(=O)Cn2nc(C)c3cnn(-c4ccc(C)cc4C)c3c2=O)c1. The Hall–Kier alpha value is -4.27. The van der Waals surface area contributed by atoms with Crippen molar-refractivity contribution >= 4 is 34.1 Å². The average Bonchev–Trinajstić information content (AvgIpc) is 3.17. The first-order chi connectivity index (χ1) is 15.7. The van der Waals surface area contributed by atoms with Crippen LogP contribution in [0.3, 0.4) is 0 Å². The van der Waals surface area contributed by atoms with Crippen LogP contribution in [0, 0.1) is 20.8 Å². The first-order valence-electron chi connectivity index (χ1n) is 10.4. The Balaban J connectivity index is 1.66. The lowest BCUT2D eigenvalue weighted by atomic mass is 10.1. The van der Waals surface area contributed by atoms with E-state index >= 15 is 0 Å². The second kappa shape index (κ2) is 8.70. The van der Waals surface area contributed by atoms with E-state index in [-0.39, 0.29) is 12.5 Å². The highest BCUT2D eigenvalue weighted by molar-refractivity contribution is 5.93. The van der Waals surface area contributed by atoms with Gasteiger partial charge in [-0.15, -0.1) is 0 Å². The minimum Gasteiger partial charge on any atom is -0.326 e. The van der Waals surface area contributed by atoms with Crippen molar-refractivity contribution in [1.82, 2.24) is 19.6 Å². The van der Waals surface area contributed by atoms with E-state index in [9.17, 15) is 14.4 Å². The smallest absolute Gasteiger partial charge is 0.293 e. The van der Waals surface area contributed by atoms with Crippen LogP contribution in [0.15, 0.2) is 53.5 Å². The van der Waals surface area contributed by atoms with Crippen LogP contribution in [0.5, 0.6) is 0 Å². The Morgan fingerprint density at radius 2 is 1.73 bits per heavy atom. The van der Waals surface area contributed by atoms with Crippen LogP contribution in [0.1, 0.15) is 23.7 Å². The summed E-state index contributed by atoms with van der Waals surface area (Å²) < 4.78 is 2.75. The molecule has 0 saturated carbocycles. The van der Waals surface area contributed by atoms with E-state index in [1.807, 2.05) is 32.0 Å². The fourth-order valence-electron chi connectivity index (χ4n) is 3.77. The quantitative estimate of drug-likeness (QED) is 0.491. The molecule has 0 unspecified atom stereocenters. The highest BCUT2D eigenvalue weighted by Gasteiger charge is 2.17. The third-order valence-electron chi connectivity index (χ3n) is 5.21. The van der Waals surface area contributed by atoms with Gasteiger partial charge in [0.25, 0.3) is 5.56 Å². The molecule has 9 nitrogen and oxygen atoms in total. The summed E-state index contributed by atoms with van der Waals surface area (Å²) in [6, 6.07) is 12.7. The number of benzene rings is 2. The number of nitrogens with one attached hydrogen (secondary N) is 2. The number of hydrogen-bond acceptors (Lipinski definition) is 5. The van der Waals surface area contributed by atoms with E-state index in [2.05, 4.69) is 20.8 Å². The molecule has 0 aliphatic heterocycles. The maximum absolute atomic E-state index is 13.3. The number of fused-ring (bicyclic) bond motifs is 1. The van der Waals surface area contributed by atoms with Crippen LogP contribution in [0.25, 0.3) is 16.6 Å². The van der Waals surface area contributed by atoms with Gasteiger partial charge in [0.1, 0.15) is 12.1 Å². The van der Waals surface area contributed by atoms with Crippen LogP contribution in [-0.4, -0.2) is 31.4 Å². The molecule has 0 aliphatic rings. The van der Waals surface area contributed by atoms with Gasteiger partial charge >= 0.3 is 0 Å². The van der Waals surface area contributed by atoms with E-state index in [0.717, 1.165) is 21.5 Å². The first-order valence-corrected chi connectivity index (χ1v) is 10.4. The molecule has 2 aromatic carbocycles. The first kappa shape index (κ1) is 21.9. The van der Waals surface area contributed by atoms with Crippen molar-refractivity contribution < 1.29 is 9.59 Å². The summed E-state index contributed by atoms with van der Waals surface area (Å²) in [4.78, 5) is 37.2. The molecule has 0 spiro atoms. The Morgan fingerprint density at radius 3 is 2.42 bits per heavy atom. The Bertz CT molecular complexity index is 1450. The molecule has 9 heteroatoms. The lowest BCUT2D eigenvalue weighted by Crippen LogP contribution is -2.31. The molecule has 33 heavy (non-hydrogen) atoms. The summed E-state index contributed by atoms with van der Waals surface area (Å²) in [5.41, 5.74) is 4.51. The topological polar surface area (TPSA) is 111 Å². The summed E-state index contributed by atoms with van der Waals surface area (Å²) in [6.45, 7) is 6.89. The van der Waals surface area contributed by atoms with E-state index in [4.69, 9.17) is 0 Å². The molecule has 0 atom stereocenters. The van der Waals surface area contributed by atoms with Gasteiger partial charge in [0.15, 0.2) is 0 Å². The summed E-state index contributed by atoms with van der Waals surface area (Å²) in [5.74, 6) is -0.626. The third kappa shape index (κ3) is 4.52. The standard InChI is InChI=1S/C24H24N6O3/c1-14-8-9-21(15(2)10-14)30-23-20(12-25-30)16(3)28-29(24(23)33)13-22(32)27-19-7-5-6-18(11-19)26-17(4)31/h5-12H,13H2,1-4H3,(H,26,31)(H,27,32). The van der Waals surface area contributed by atoms with Gasteiger partial charge in [-0.2, -0.15) is 10.2 Å². The number of carbonyl (C=O) groups excluding carboxylic acids is 2. The lowest BCUT2D eigenvalue weighted by molar-refractivity contribution is -0.117. The van der Waals surface area contributed by atoms with Crippen molar-refractivity contribution in [1.29, 1.82) is 0 Å². The zero-order valence-corrected chi connectivity index (χ0v) is 18.8. The van der Waals surface area contributed by atoms with Crippen molar-refractivity contribution in [3.8, 4) is 5.69 Å². The molecule has 0 aliphatic carbocycles. The molecule has 4 rings (SSSR count). The highest BCUT2D eigenvalue weighted by Crippen LogP contribution is 2.21. The molecule has 2 amide bonds. The summed E-state index contributed by atoms with van der Waals surface area (Å²) >= 11 is 0. The Kier molecular flexibility index (Phi) is 5.78. The fraction of sp³-hybridized carbons (Fsp3) is 0.208. The van der Waals surface area contributed by atoms with Gasteiger partial charge in [0.2, 0.25) is 11.8 Å². The van der Waals surface area contributed by atoms with Gasteiger partial charge < -0.3 is 10.6 Å². The van der Waals surface area contributed by atoms with Crippen LogP contribution in [-0.2, 0) is 16.1 Å². The number of anilines is 2. The largest absolute Gasteiger partial charge is 0.326 e. The Morgan fingerprint density at radius 1 is 1.00 bits per heavy atom. The number of aromatic nitrogens is 4. The van der Waals surface area contributed by atoms with E-state index in [1.165, 1.54) is 6.92 Å². The van der Waals surface area contributed by atoms with Gasteiger partial charge in [-0.1, -0.05) is 23.8 Å². The molecule has 2 heterocycles. The molecule has 0 bridgehead atoms. The van der Waals surface area contributed by atoms with Gasteiger partial charge in [-0.05, 0) is 50.6 Å². The second-order valence-electron chi connectivity index (χ2n) is 7.97. The predicted molar refractivity (Wildman–Crippen MR) is 127 cm³/mol. The maximum Gasteiger partial charge on any atom is 0.293 e. The zero-order chi connectivity index (χ0) is 23.7. The second-order valence-corrected chi connectivity index (χ2v) is 7.97. The lowest BCUT2D eigenvalue weighted by Gasteiger charge is -2.11. The van der Waals surface area contributed by atoms with Gasteiger partial charge in [-0.3, -0.25) is 14.4 Å². The van der Waals surface area contributed by atoms with Gasteiger partial charge in [0, 0.05) is 23.7 Å². The number of hydrogen-bond donors (Lipinski definition) is 2. The Labute approximate surface area is 190 Å². The molecular formula is C24H24N6O3. The van der Waals surface area contributed by atoms with Crippen molar-refractivity contribution in [2.45, 2.75) is 34.2 Å². The zero-order valence-electron chi connectivity index (χ0n) is 18.8. The minimum absolute atomic E-state index is 0.210. The van der Waals surface area contributed by atoms with Gasteiger partial charge in [-0.25, -0.2) is 9.36 Å². The molecule has 4 aromatic rings. The van der Waals surface area contributed by atoms with E-state index < -0.39 is 11.5 Å². The highest BCUT2D eigenvalue weighted by atomic mass is 16.2. The predicted octanol–water partition coefficient (Wildman–Crippen LogP) is 3.10. The number of aryl methyl sites for hydroxylation is 3. The third-order valence-corrected chi connectivity index (χ3v) is 5.21. The van der Waals surface area contributed by atoms with Crippen LogP contribution < -0.4 is 16.2 Å². The average molecular weight is 444 g/mol. The normalized spacial score (nSPS) is 10.9. The molecule has 0 saturated heterocycles. The molecule has 2 N–H and O–H groups in total. The van der Waals surface area contributed by atoms with Crippen molar-refractivity contribution in [3.05, 3.63) is 75.8 Å². The minimum atomic E-state index is -0.416. The molecule has 168 valence electrons. The van der Waals surface area contributed by atoms with E-state index in [0.29, 0.717) is 28.0 Å². The van der Waals surface area contributed by atoms with Crippen LogP contribution in [0.4, 0.5) is 11.4 Å². The number of nitrogens with zero attached hydrogens (tertiary/aromatic N) is 4. The monoisotopic (exact) mass is 444 g/mol. The molecular weight excluding hydrogens is 420 g/mol. The van der Waals surface area contributed by atoms with E-state index in [1.54, 1.807) is 42.1 Å². The molecule has 0 fully saturated rings.